The van der Waals surface area contributed by atoms with Crippen LogP contribution in [0.1, 0.15) is 25.8 Å². The van der Waals surface area contributed by atoms with Crippen molar-refractivity contribution in [1.29, 1.82) is 0 Å². The van der Waals surface area contributed by atoms with Gasteiger partial charge in [0.2, 0.25) is 15.9 Å². The third-order valence-corrected chi connectivity index (χ3v) is 4.50. The average Bonchev–Trinajstić information content (AvgIpc) is 2.53. The van der Waals surface area contributed by atoms with Crippen molar-refractivity contribution >= 4 is 21.9 Å². The van der Waals surface area contributed by atoms with Crippen LogP contribution in [0.15, 0.2) is 42.3 Å². The third kappa shape index (κ3) is 7.49. The van der Waals surface area contributed by atoms with Crippen LogP contribution < -0.4 is 10.0 Å². The van der Waals surface area contributed by atoms with Crippen LogP contribution in [0.25, 0.3) is 0 Å². The van der Waals surface area contributed by atoms with Crippen molar-refractivity contribution in [3.8, 4) is 0 Å². The number of hydrogen-bond acceptors (Lipinski definition) is 4. The molecule has 1 aromatic rings. The number of rotatable bonds is 10. The highest BCUT2D eigenvalue weighted by Crippen LogP contribution is 2.09. The minimum absolute atomic E-state index is 0.0284. The number of carbonyl (C=O) groups excluding carboxylic acids is 1. The summed E-state index contributed by atoms with van der Waals surface area (Å²) in [5.41, 5.74) is 0.752. The Morgan fingerprint density at radius 3 is 2.28 bits per heavy atom. The quantitative estimate of drug-likeness (QED) is 0.576. The molecule has 0 spiro atoms. The van der Waals surface area contributed by atoms with Gasteiger partial charge in [-0.2, -0.15) is 4.72 Å². The summed E-state index contributed by atoms with van der Waals surface area (Å²) in [5, 5.41) is 12.5. The molecular weight excluding hydrogens is 344 g/mol. The molecule has 1 rings (SSSR count). The van der Waals surface area contributed by atoms with E-state index in [0.29, 0.717) is 5.41 Å². The molecule has 8 heteroatoms. The first-order valence-electron chi connectivity index (χ1n) is 7.86. The minimum Gasteiger partial charge on any atom is -0.480 e. The zero-order valence-electron chi connectivity index (χ0n) is 14.3. The van der Waals surface area contributed by atoms with E-state index >= 15 is 0 Å². The molecule has 0 aromatic heterocycles. The maximum Gasteiger partial charge on any atom is 0.326 e. The fraction of sp³-hybridized carbons (Fsp3) is 0.412. The monoisotopic (exact) mass is 368 g/mol. The van der Waals surface area contributed by atoms with Crippen LogP contribution in [0.5, 0.6) is 0 Å². The lowest BCUT2D eigenvalue weighted by molar-refractivity contribution is -0.142. The smallest absolute Gasteiger partial charge is 0.326 e. The molecule has 0 aliphatic carbocycles. The van der Waals surface area contributed by atoms with Gasteiger partial charge in [0.25, 0.3) is 0 Å². The number of sulfonamides is 1. The van der Waals surface area contributed by atoms with Crippen molar-refractivity contribution in [2.75, 3.05) is 0 Å². The van der Waals surface area contributed by atoms with Gasteiger partial charge in [0.15, 0.2) is 0 Å². The van der Waals surface area contributed by atoms with E-state index in [1.54, 1.807) is 30.3 Å². The fourth-order valence-electron chi connectivity index (χ4n) is 2.25. The van der Waals surface area contributed by atoms with Gasteiger partial charge in [-0.1, -0.05) is 50.8 Å². The second kappa shape index (κ2) is 9.33. The summed E-state index contributed by atoms with van der Waals surface area (Å²) in [6, 6.07) is 6.65. The Labute approximate surface area is 148 Å². The van der Waals surface area contributed by atoms with E-state index in [0.717, 1.165) is 5.56 Å². The van der Waals surface area contributed by atoms with Crippen molar-refractivity contribution in [2.24, 2.45) is 5.92 Å². The topological polar surface area (TPSA) is 113 Å². The molecule has 0 radical (unpaired) electrons. The second-order valence-corrected chi connectivity index (χ2v) is 7.76. The molecule has 0 heterocycles. The van der Waals surface area contributed by atoms with Crippen LogP contribution in [0, 0.1) is 5.92 Å². The molecule has 3 N–H and O–H groups in total. The van der Waals surface area contributed by atoms with Gasteiger partial charge in [-0.25, -0.2) is 13.2 Å². The van der Waals surface area contributed by atoms with E-state index in [2.05, 4.69) is 16.6 Å². The van der Waals surface area contributed by atoms with E-state index in [-0.39, 0.29) is 18.8 Å². The van der Waals surface area contributed by atoms with Crippen LogP contribution in [0.2, 0.25) is 0 Å². The van der Waals surface area contributed by atoms with Crippen LogP contribution in [-0.4, -0.2) is 37.5 Å². The first-order valence-corrected chi connectivity index (χ1v) is 9.41. The van der Waals surface area contributed by atoms with Crippen molar-refractivity contribution < 1.29 is 23.1 Å². The highest BCUT2D eigenvalue weighted by molar-refractivity contribution is 7.92. The maximum atomic E-state index is 12.4. The second-order valence-electron chi connectivity index (χ2n) is 6.10. The molecule has 2 atom stereocenters. The maximum absolute atomic E-state index is 12.4. The average molecular weight is 368 g/mol. The third-order valence-electron chi connectivity index (χ3n) is 3.45. The zero-order valence-corrected chi connectivity index (χ0v) is 15.1. The summed E-state index contributed by atoms with van der Waals surface area (Å²) in [5.74, 6) is -1.84. The summed E-state index contributed by atoms with van der Waals surface area (Å²) in [6.45, 7) is 6.86. The number of carbonyl (C=O) groups is 2. The Hall–Kier alpha value is -2.19. The molecule has 0 unspecified atom stereocenters. The Balaban J connectivity index is 2.90. The number of nitrogens with one attached hydrogen (secondary N) is 2. The molecule has 0 fully saturated rings. The predicted octanol–water partition coefficient (Wildman–Crippen LogP) is 1.28. The van der Waals surface area contributed by atoms with Crippen LogP contribution in [0.3, 0.4) is 0 Å². The van der Waals surface area contributed by atoms with E-state index in [4.69, 9.17) is 0 Å². The number of aliphatic carboxylic acids is 1. The number of carboxylic acids is 1. The molecule has 1 amide bonds. The molecule has 7 nitrogen and oxygen atoms in total. The van der Waals surface area contributed by atoms with Crippen molar-refractivity contribution in [3.05, 3.63) is 47.9 Å². The van der Waals surface area contributed by atoms with Crippen LogP contribution >= 0.6 is 0 Å². The fourth-order valence-corrected chi connectivity index (χ4v) is 2.94. The largest absolute Gasteiger partial charge is 0.480 e. The molecule has 0 saturated heterocycles. The Morgan fingerprint density at radius 2 is 1.80 bits per heavy atom. The lowest BCUT2D eigenvalue weighted by atomic mass is 10.0. The summed E-state index contributed by atoms with van der Waals surface area (Å²) in [4.78, 5) is 23.9. The lowest BCUT2D eigenvalue weighted by Crippen LogP contribution is -2.52. The van der Waals surface area contributed by atoms with Gasteiger partial charge in [0, 0.05) is 11.8 Å². The predicted molar refractivity (Wildman–Crippen MR) is 95.2 cm³/mol. The lowest BCUT2D eigenvalue weighted by Gasteiger charge is -2.22. The Morgan fingerprint density at radius 1 is 1.20 bits per heavy atom. The number of benzene rings is 1. The number of hydrogen-bond donors (Lipinski definition) is 3. The molecule has 0 aliphatic heterocycles. The van der Waals surface area contributed by atoms with E-state index in [1.807, 2.05) is 13.8 Å². The number of amides is 1. The SMILES string of the molecule is C=CS(=O)(=O)N[C@@H](CC(C)C)C(=O)N[C@@H](Cc1ccccc1)C(=O)O. The molecule has 1 aromatic carbocycles. The standard InChI is InChI=1S/C17H24N2O5S/c1-4-25(23,24)19-14(10-12(2)3)16(20)18-15(17(21)22)11-13-8-6-5-7-9-13/h4-9,12,14-15,19H,1,10-11H2,2-3H3,(H,18,20)(H,21,22)/t14-,15-/m0/s1. The zero-order chi connectivity index (χ0) is 19.0. The summed E-state index contributed by atoms with van der Waals surface area (Å²) in [6.07, 6.45) is 0.334. The first-order chi connectivity index (χ1) is 11.6. The molecular formula is C17H24N2O5S. The molecule has 138 valence electrons. The molecule has 0 saturated carbocycles. The molecule has 25 heavy (non-hydrogen) atoms. The van der Waals surface area contributed by atoms with E-state index < -0.39 is 34.0 Å². The van der Waals surface area contributed by atoms with Gasteiger partial charge in [0.05, 0.1) is 0 Å². The van der Waals surface area contributed by atoms with Gasteiger partial charge in [-0.15, -0.1) is 0 Å². The Bertz CT molecular complexity index is 701. The van der Waals surface area contributed by atoms with Gasteiger partial charge < -0.3 is 10.4 Å². The van der Waals surface area contributed by atoms with Gasteiger partial charge in [0.1, 0.15) is 12.1 Å². The van der Waals surface area contributed by atoms with Crippen LogP contribution in [-0.2, 0) is 26.0 Å². The van der Waals surface area contributed by atoms with Crippen molar-refractivity contribution in [3.63, 3.8) is 0 Å². The van der Waals surface area contributed by atoms with E-state index in [9.17, 15) is 23.1 Å². The van der Waals surface area contributed by atoms with Crippen LogP contribution in [0.4, 0.5) is 0 Å². The van der Waals surface area contributed by atoms with Gasteiger partial charge >= 0.3 is 5.97 Å². The molecule has 0 aliphatic rings. The summed E-state index contributed by atoms with van der Waals surface area (Å²) < 4.78 is 25.6. The highest BCUT2D eigenvalue weighted by atomic mass is 32.2. The highest BCUT2D eigenvalue weighted by Gasteiger charge is 2.28. The summed E-state index contributed by atoms with van der Waals surface area (Å²) >= 11 is 0. The normalized spacial score (nSPS) is 13.9. The van der Waals surface area contributed by atoms with Gasteiger partial charge in [-0.3, -0.25) is 4.79 Å². The van der Waals surface area contributed by atoms with Crippen molar-refractivity contribution in [2.45, 2.75) is 38.8 Å². The van der Waals surface area contributed by atoms with E-state index in [1.165, 1.54) is 0 Å². The first kappa shape index (κ1) is 20.9. The van der Waals surface area contributed by atoms with Gasteiger partial charge in [-0.05, 0) is 17.9 Å². The molecule has 0 bridgehead atoms. The number of carboxylic acid groups (broad SMARTS) is 1. The van der Waals surface area contributed by atoms with Crippen molar-refractivity contribution in [1.82, 2.24) is 10.0 Å². The Kier molecular flexibility index (Phi) is 7.79. The summed E-state index contributed by atoms with van der Waals surface area (Å²) in [7, 11) is -3.82. The minimum atomic E-state index is -3.82.